The van der Waals surface area contributed by atoms with Gasteiger partial charge >= 0.3 is 0 Å². The smallest absolute Gasteiger partial charge is 0.156 e. The summed E-state index contributed by atoms with van der Waals surface area (Å²) < 4.78 is 0. The first kappa shape index (κ1) is 14.2. The lowest BCUT2D eigenvalue weighted by atomic mass is 10.1. The quantitative estimate of drug-likeness (QED) is 0.924. The van der Waals surface area contributed by atoms with E-state index >= 15 is 0 Å². The molecule has 0 amide bonds. The second-order valence-corrected chi connectivity index (χ2v) is 6.55. The maximum atomic E-state index is 6.38. The van der Waals surface area contributed by atoms with Gasteiger partial charge in [0.05, 0.1) is 5.69 Å². The molecule has 1 saturated heterocycles. The van der Waals surface area contributed by atoms with Crippen molar-refractivity contribution in [3.8, 4) is 11.3 Å². The first-order valence-electron chi connectivity index (χ1n) is 7.19. The van der Waals surface area contributed by atoms with E-state index in [0.717, 1.165) is 47.5 Å². The van der Waals surface area contributed by atoms with Crippen LogP contribution in [-0.4, -0.2) is 34.6 Å². The molecule has 110 valence electrons. The molecule has 0 spiro atoms. The van der Waals surface area contributed by atoms with Crippen molar-refractivity contribution >= 4 is 23.3 Å². The Morgan fingerprint density at radius 2 is 1.71 bits per heavy atom. The number of nitrogens with zero attached hydrogens (tertiary/aromatic N) is 3. The average Bonchev–Trinajstić information content (AvgIpc) is 2.51. The Hall–Kier alpha value is -1.75. The maximum Gasteiger partial charge on any atom is 0.156 e. The normalized spacial score (nSPS) is 15.2. The molecular weight excluding hydrogens is 280 g/mol. The predicted octanol–water partition coefficient (Wildman–Crippen LogP) is 2.90. The number of aromatic nitrogens is 2. The van der Waals surface area contributed by atoms with Crippen molar-refractivity contribution in [1.82, 2.24) is 9.97 Å². The predicted molar refractivity (Wildman–Crippen MR) is 90.9 cm³/mol. The van der Waals surface area contributed by atoms with Crippen LogP contribution in [0.4, 0.5) is 11.5 Å². The highest BCUT2D eigenvalue weighted by Crippen LogP contribution is 2.32. The molecule has 1 aliphatic rings. The molecule has 2 N–H and O–H groups in total. The molecular formula is C16H20N4S. The third-order valence-electron chi connectivity index (χ3n) is 3.67. The van der Waals surface area contributed by atoms with E-state index < -0.39 is 0 Å². The molecule has 0 aliphatic carbocycles. The van der Waals surface area contributed by atoms with Gasteiger partial charge in [-0.1, -0.05) is 29.8 Å². The van der Waals surface area contributed by atoms with Crippen molar-refractivity contribution in [3.63, 3.8) is 0 Å². The molecule has 0 bridgehead atoms. The summed E-state index contributed by atoms with van der Waals surface area (Å²) in [5.74, 6) is 3.91. The average molecular weight is 300 g/mol. The molecule has 1 fully saturated rings. The van der Waals surface area contributed by atoms with Gasteiger partial charge in [-0.05, 0) is 13.8 Å². The van der Waals surface area contributed by atoms with Gasteiger partial charge in [-0.25, -0.2) is 9.97 Å². The summed E-state index contributed by atoms with van der Waals surface area (Å²) in [6.45, 7) is 6.01. The summed E-state index contributed by atoms with van der Waals surface area (Å²) in [6, 6.07) is 8.32. The van der Waals surface area contributed by atoms with Crippen molar-refractivity contribution in [2.45, 2.75) is 13.8 Å². The van der Waals surface area contributed by atoms with Crippen molar-refractivity contribution < 1.29 is 0 Å². The van der Waals surface area contributed by atoms with Gasteiger partial charge < -0.3 is 10.6 Å². The van der Waals surface area contributed by atoms with Crippen LogP contribution >= 0.6 is 11.8 Å². The molecule has 1 aliphatic heterocycles. The van der Waals surface area contributed by atoms with Crippen LogP contribution in [0.1, 0.15) is 11.4 Å². The second kappa shape index (κ2) is 5.93. The van der Waals surface area contributed by atoms with Gasteiger partial charge in [0.15, 0.2) is 5.82 Å². The number of anilines is 2. The molecule has 0 saturated carbocycles. The van der Waals surface area contributed by atoms with Crippen LogP contribution in [0.25, 0.3) is 11.3 Å². The van der Waals surface area contributed by atoms with Gasteiger partial charge in [-0.2, -0.15) is 11.8 Å². The number of hydrogen-bond donors (Lipinski definition) is 1. The lowest BCUT2D eigenvalue weighted by molar-refractivity contribution is 0.831. The minimum Gasteiger partial charge on any atom is -0.394 e. The van der Waals surface area contributed by atoms with Crippen LogP contribution in [0.3, 0.4) is 0 Å². The highest BCUT2D eigenvalue weighted by molar-refractivity contribution is 7.99. The summed E-state index contributed by atoms with van der Waals surface area (Å²) in [5, 5.41) is 0. The highest BCUT2D eigenvalue weighted by atomic mass is 32.2. The third-order valence-corrected chi connectivity index (χ3v) is 4.62. The van der Waals surface area contributed by atoms with E-state index in [0.29, 0.717) is 5.69 Å². The number of rotatable bonds is 2. The summed E-state index contributed by atoms with van der Waals surface area (Å²) in [5.41, 5.74) is 10.2. The number of nitrogen functional groups attached to an aromatic ring is 1. The van der Waals surface area contributed by atoms with E-state index in [2.05, 4.69) is 46.1 Å². The molecule has 1 aromatic heterocycles. The fourth-order valence-corrected chi connectivity index (χ4v) is 3.42. The van der Waals surface area contributed by atoms with Gasteiger partial charge in [-0.15, -0.1) is 0 Å². The zero-order valence-corrected chi connectivity index (χ0v) is 13.3. The minimum atomic E-state index is 0.691. The lowest BCUT2D eigenvalue weighted by Gasteiger charge is -2.29. The SMILES string of the molecule is Cc1ccc(-c2nc(C)nc(N3CCSCC3)c2N)cc1. The molecule has 1 aromatic carbocycles. The monoisotopic (exact) mass is 300 g/mol. The zero-order chi connectivity index (χ0) is 14.8. The number of hydrogen-bond acceptors (Lipinski definition) is 5. The zero-order valence-electron chi connectivity index (χ0n) is 12.5. The van der Waals surface area contributed by atoms with Crippen molar-refractivity contribution in [3.05, 3.63) is 35.7 Å². The lowest BCUT2D eigenvalue weighted by Crippen LogP contribution is -2.34. The van der Waals surface area contributed by atoms with Crippen molar-refractivity contribution in [1.29, 1.82) is 0 Å². The van der Waals surface area contributed by atoms with Crippen LogP contribution in [0.5, 0.6) is 0 Å². The number of benzene rings is 1. The minimum absolute atomic E-state index is 0.691. The molecule has 4 nitrogen and oxygen atoms in total. The van der Waals surface area contributed by atoms with Crippen LogP contribution in [0.2, 0.25) is 0 Å². The molecule has 2 heterocycles. The number of nitrogens with two attached hydrogens (primary N) is 1. The highest BCUT2D eigenvalue weighted by Gasteiger charge is 2.19. The molecule has 0 radical (unpaired) electrons. The van der Waals surface area contributed by atoms with Crippen LogP contribution in [0, 0.1) is 13.8 Å². The first-order chi connectivity index (χ1) is 10.1. The van der Waals surface area contributed by atoms with E-state index in [9.17, 15) is 0 Å². The fourth-order valence-electron chi connectivity index (χ4n) is 2.51. The Bertz CT molecular complexity index is 633. The Morgan fingerprint density at radius 1 is 1.05 bits per heavy atom. The fraction of sp³-hybridized carbons (Fsp3) is 0.375. The number of aryl methyl sites for hydroxylation is 2. The molecule has 2 aromatic rings. The largest absolute Gasteiger partial charge is 0.394 e. The van der Waals surface area contributed by atoms with Crippen molar-refractivity contribution in [2.24, 2.45) is 0 Å². The Kier molecular flexibility index (Phi) is 4.01. The van der Waals surface area contributed by atoms with Crippen LogP contribution in [0.15, 0.2) is 24.3 Å². The van der Waals surface area contributed by atoms with E-state index in [1.165, 1.54) is 5.56 Å². The third kappa shape index (κ3) is 2.97. The Morgan fingerprint density at radius 3 is 2.38 bits per heavy atom. The van der Waals surface area contributed by atoms with Crippen LogP contribution in [-0.2, 0) is 0 Å². The van der Waals surface area contributed by atoms with Gasteiger partial charge in [0.1, 0.15) is 11.5 Å². The van der Waals surface area contributed by atoms with E-state index in [1.807, 2.05) is 18.7 Å². The molecule has 0 atom stereocenters. The Labute approximate surface area is 129 Å². The summed E-state index contributed by atoms with van der Waals surface area (Å²) in [6.07, 6.45) is 0. The van der Waals surface area contributed by atoms with Crippen molar-refractivity contribution in [2.75, 3.05) is 35.2 Å². The topological polar surface area (TPSA) is 55.0 Å². The van der Waals surface area contributed by atoms with Crippen LogP contribution < -0.4 is 10.6 Å². The van der Waals surface area contributed by atoms with Gasteiger partial charge in [0.2, 0.25) is 0 Å². The maximum absolute atomic E-state index is 6.38. The second-order valence-electron chi connectivity index (χ2n) is 5.32. The molecule has 21 heavy (non-hydrogen) atoms. The van der Waals surface area contributed by atoms with Gasteiger partial charge in [0, 0.05) is 30.2 Å². The standard InChI is InChI=1S/C16H20N4S/c1-11-3-5-13(6-4-11)15-14(17)16(19-12(2)18-15)20-7-9-21-10-8-20/h3-6H,7-10,17H2,1-2H3. The Balaban J connectivity index is 2.04. The van der Waals surface area contributed by atoms with Gasteiger partial charge in [0.25, 0.3) is 0 Å². The summed E-state index contributed by atoms with van der Waals surface area (Å²) in [4.78, 5) is 11.4. The van der Waals surface area contributed by atoms with E-state index in [4.69, 9.17) is 5.73 Å². The summed E-state index contributed by atoms with van der Waals surface area (Å²) >= 11 is 1.98. The van der Waals surface area contributed by atoms with E-state index in [1.54, 1.807) is 0 Å². The molecule has 0 unspecified atom stereocenters. The summed E-state index contributed by atoms with van der Waals surface area (Å²) in [7, 11) is 0. The van der Waals surface area contributed by atoms with Gasteiger partial charge in [-0.3, -0.25) is 0 Å². The number of thioether (sulfide) groups is 1. The molecule has 3 rings (SSSR count). The first-order valence-corrected chi connectivity index (χ1v) is 8.34. The van der Waals surface area contributed by atoms with E-state index in [-0.39, 0.29) is 0 Å². The molecule has 5 heteroatoms.